The molecular formula is C41H46F4N4O3. The predicted molar refractivity (Wildman–Crippen MR) is 188 cm³/mol. The number of alkyl halides is 2. The van der Waals surface area contributed by atoms with E-state index >= 15 is 8.78 Å². The predicted octanol–water partition coefficient (Wildman–Crippen LogP) is 9.24. The van der Waals surface area contributed by atoms with Crippen LogP contribution in [0.25, 0.3) is 22.5 Å². The standard InChI is InChI=1S/C21H24F2N2O.C20H22F2N2O2/c22-16-3-1-2-15-18-12-24-13-25(18)17(19(15)16)6-9-20(23)7-4-14(5-8-20)21(26)10-11-21;1-26-19(25)13-5-8-20(22,9-6-13)10-7-16-18-14(3-2-4-15(18)21)17-11-23-12-24(16)17/h1-3,12-14,17,26H,4-11H2;2-4,11-13,16H,5-10H2,1H3. The minimum Gasteiger partial charge on any atom is -0.469 e. The molecule has 276 valence electrons. The highest BCUT2D eigenvalue weighted by Gasteiger charge is 2.51. The molecule has 0 saturated heterocycles. The van der Waals surface area contributed by atoms with Crippen LogP contribution in [0.2, 0.25) is 0 Å². The molecule has 2 aliphatic heterocycles. The molecular weight excluding hydrogens is 672 g/mol. The lowest BCUT2D eigenvalue weighted by Gasteiger charge is -2.36. The van der Waals surface area contributed by atoms with Crippen molar-refractivity contribution in [2.45, 2.75) is 119 Å². The summed E-state index contributed by atoms with van der Waals surface area (Å²) in [5.74, 6) is -0.658. The maximum absolute atomic E-state index is 15.4. The molecule has 2 unspecified atom stereocenters. The zero-order valence-corrected chi connectivity index (χ0v) is 29.5. The number of esters is 1. The number of fused-ring (bicyclic) bond motifs is 6. The first-order valence-corrected chi connectivity index (χ1v) is 18.8. The van der Waals surface area contributed by atoms with Crippen molar-refractivity contribution in [3.05, 3.63) is 84.2 Å². The monoisotopic (exact) mass is 718 g/mol. The first kappa shape index (κ1) is 35.1. The van der Waals surface area contributed by atoms with Gasteiger partial charge in [0.15, 0.2) is 0 Å². The molecule has 2 aromatic carbocycles. The number of ether oxygens (including phenoxy) is 1. The van der Waals surface area contributed by atoms with Gasteiger partial charge >= 0.3 is 5.97 Å². The van der Waals surface area contributed by atoms with Gasteiger partial charge in [0.1, 0.15) is 23.0 Å². The Morgan fingerprint density at radius 2 is 1.23 bits per heavy atom. The fourth-order valence-electron chi connectivity index (χ4n) is 9.60. The van der Waals surface area contributed by atoms with Gasteiger partial charge in [0, 0.05) is 22.3 Å². The van der Waals surface area contributed by atoms with E-state index in [1.807, 2.05) is 21.3 Å². The van der Waals surface area contributed by atoms with E-state index in [4.69, 9.17) is 4.74 Å². The Kier molecular flexibility index (Phi) is 9.07. The minimum atomic E-state index is -1.31. The summed E-state index contributed by atoms with van der Waals surface area (Å²) >= 11 is 0. The molecule has 1 N–H and O–H groups in total. The minimum absolute atomic E-state index is 0.179. The third kappa shape index (κ3) is 6.37. The fourth-order valence-corrected chi connectivity index (χ4v) is 9.60. The smallest absolute Gasteiger partial charge is 0.308 e. The van der Waals surface area contributed by atoms with E-state index in [1.54, 1.807) is 37.2 Å². The Hall–Kier alpha value is -3.99. The number of hydrogen-bond acceptors (Lipinski definition) is 5. The molecule has 2 aromatic heterocycles. The lowest BCUT2D eigenvalue weighted by Crippen LogP contribution is -2.35. The quantitative estimate of drug-likeness (QED) is 0.145. The Morgan fingerprint density at radius 3 is 1.67 bits per heavy atom. The molecule has 3 saturated carbocycles. The van der Waals surface area contributed by atoms with Crippen molar-refractivity contribution >= 4 is 5.97 Å². The molecule has 3 fully saturated rings. The first-order valence-electron chi connectivity index (χ1n) is 18.8. The molecule has 3 aliphatic carbocycles. The average Bonchev–Trinajstić information content (AvgIpc) is 3.54. The molecule has 5 aliphatic rings. The van der Waals surface area contributed by atoms with Crippen LogP contribution in [-0.2, 0) is 9.53 Å². The molecule has 0 amide bonds. The fraction of sp³-hybridized carbons (Fsp3) is 0.537. The summed E-state index contributed by atoms with van der Waals surface area (Å²) in [5.41, 5.74) is 1.82. The van der Waals surface area contributed by atoms with E-state index in [0.29, 0.717) is 75.3 Å². The number of rotatable bonds is 8. The van der Waals surface area contributed by atoms with Crippen LogP contribution in [-0.4, -0.2) is 54.2 Å². The van der Waals surface area contributed by atoms with Gasteiger partial charge < -0.3 is 19.0 Å². The van der Waals surface area contributed by atoms with Gasteiger partial charge in [-0.05, 0) is 108 Å². The van der Waals surface area contributed by atoms with Crippen LogP contribution in [0.5, 0.6) is 0 Å². The number of methoxy groups -OCH3 is 1. The molecule has 52 heavy (non-hydrogen) atoms. The highest BCUT2D eigenvalue weighted by atomic mass is 19.2. The number of carbonyl (C=O) groups excluding carboxylic acids is 1. The summed E-state index contributed by atoms with van der Waals surface area (Å²) in [6.45, 7) is 0. The van der Waals surface area contributed by atoms with E-state index < -0.39 is 16.9 Å². The maximum atomic E-state index is 15.4. The second-order valence-corrected chi connectivity index (χ2v) is 15.9. The third-order valence-electron chi connectivity index (χ3n) is 12.9. The van der Waals surface area contributed by atoms with Gasteiger partial charge in [-0.1, -0.05) is 24.3 Å². The van der Waals surface area contributed by atoms with Gasteiger partial charge in [-0.2, -0.15) is 0 Å². The maximum Gasteiger partial charge on any atom is 0.308 e. The van der Waals surface area contributed by atoms with Crippen molar-refractivity contribution in [1.29, 1.82) is 0 Å². The zero-order chi connectivity index (χ0) is 36.3. The SMILES string of the molecule is COC(=O)C1CCC(F)(CCC2c3c(F)cccc3-c3cncn32)CC1.OC1(C2CCC(F)(CCC3c4c(F)cccc4-c4cncn43)CC2)CC1. The van der Waals surface area contributed by atoms with E-state index in [-0.39, 0.29) is 41.5 Å². The molecule has 2 atom stereocenters. The summed E-state index contributed by atoms with van der Waals surface area (Å²) in [4.78, 5) is 20.0. The number of aliphatic hydroxyl groups is 1. The van der Waals surface area contributed by atoms with E-state index in [0.717, 1.165) is 48.2 Å². The van der Waals surface area contributed by atoms with Crippen molar-refractivity contribution < 1.29 is 32.2 Å². The van der Waals surface area contributed by atoms with Gasteiger partial charge in [0.25, 0.3) is 0 Å². The first-order chi connectivity index (χ1) is 25.0. The lowest BCUT2D eigenvalue weighted by molar-refractivity contribution is -0.147. The van der Waals surface area contributed by atoms with Crippen LogP contribution in [0.1, 0.15) is 113 Å². The molecule has 11 heteroatoms. The van der Waals surface area contributed by atoms with Crippen molar-refractivity contribution in [3.63, 3.8) is 0 Å². The lowest BCUT2D eigenvalue weighted by atomic mass is 9.74. The van der Waals surface area contributed by atoms with Crippen LogP contribution < -0.4 is 0 Å². The average molecular weight is 719 g/mol. The molecule has 4 heterocycles. The van der Waals surface area contributed by atoms with Gasteiger partial charge in [-0.3, -0.25) is 4.79 Å². The summed E-state index contributed by atoms with van der Waals surface area (Å²) in [5, 5.41) is 10.3. The molecule has 9 rings (SSSR count). The second kappa shape index (κ2) is 13.5. The largest absolute Gasteiger partial charge is 0.469 e. The van der Waals surface area contributed by atoms with Crippen LogP contribution >= 0.6 is 0 Å². The van der Waals surface area contributed by atoms with Crippen LogP contribution in [0.3, 0.4) is 0 Å². The summed E-state index contributed by atoms with van der Waals surface area (Å²) in [6.07, 6.45) is 14.8. The molecule has 0 bridgehead atoms. The number of aromatic nitrogens is 4. The van der Waals surface area contributed by atoms with Crippen LogP contribution in [0.4, 0.5) is 17.6 Å². The Balaban J connectivity index is 0.000000149. The summed E-state index contributed by atoms with van der Waals surface area (Å²) in [6, 6.07) is 9.75. The van der Waals surface area contributed by atoms with Gasteiger partial charge in [0.2, 0.25) is 0 Å². The summed E-state index contributed by atoms with van der Waals surface area (Å²) in [7, 11) is 1.37. The van der Waals surface area contributed by atoms with Crippen molar-refractivity contribution in [2.75, 3.05) is 7.11 Å². The highest BCUT2D eigenvalue weighted by Crippen LogP contribution is 2.52. The van der Waals surface area contributed by atoms with Gasteiger partial charge in [0.05, 0.1) is 67.1 Å². The van der Waals surface area contributed by atoms with Crippen molar-refractivity contribution in [1.82, 2.24) is 19.1 Å². The van der Waals surface area contributed by atoms with Crippen LogP contribution in [0, 0.1) is 23.5 Å². The third-order valence-corrected chi connectivity index (χ3v) is 12.9. The van der Waals surface area contributed by atoms with E-state index in [9.17, 15) is 18.7 Å². The number of benzene rings is 2. The highest BCUT2D eigenvalue weighted by molar-refractivity contribution is 5.72. The molecule has 7 nitrogen and oxygen atoms in total. The van der Waals surface area contributed by atoms with Crippen LogP contribution in [0.15, 0.2) is 61.4 Å². The zero-order valence-electron chi connectivity index (χ0n) is 29.5. The number of nitrogens with zero attached hydrogens (tertiary/aromatic N) is 4. The number of carbonyl (C=O) groups is 1. The van der Waals surface area contributed by atoms with E-state index in [1.165, 1.54) is 19.2 Å². The normalized spacial score (nSPS) is 29.3. The molecule has 0 spiro atoms. The van der Waals surface area contributed by atoms with Crippen molar-refractivity contribution in [2.24, 2.45) is 11.8 Å². The Morgan fingerprint density at radius 1 is 0.769 bits per heavy atom. The molecule has 4 aromatic rings. The van der Waals surface area contributed by atoms with Crippen molar-refractivity contribution in [3.8, 4) is 22.5 Å². The Bertz CT molecular complexity index is 1940. The van der Waals surface area contributed by atoms with Gasteiger partial charge in [-0.25, -0.2) is 27.5 Å². The number of halogens is 4. The Labute approximate surface area is 301 Å². The summed E-state index contributed by atoms with van der Waals surface area (Å²) < 4.78 is 68.3. The van der Waals surface area contributed by atoms with E-state index in [2.05, 4.69) is 9.97 Å². The number of hydrogen-bond donors (Lipinski definition) is 1. The van der Waals surface area contributed by atoms with Gasteiger partial charge in [-0.15, -0.1) is 0 Å². The topological polar surface area (TPSA) is 82.2 Å². The number of imidazole rings is 2. The second-order valence-electron chi connectivity index (χ2n) is 15.9. The molecule has 0 radical (unpaired) electrons.